The van der Waals surface area contributed by atoms with E-state index in [2.05, 4.69) is 5.32 Å². The number of carbonyl (C=O) groups excluding carboxylic acids is 1. The maximum absolute atomic E-state index is 14.2. The van der Waals surface area contributed by atoms with Crippen LogP contribution in [0.3, 0.4) is 0 Å². The average molecular weight is 349 g/mol. The molecule has 134 valence electrons. The number of hydrogen-bond donors (Lipinski definition) is 2. The molecule has 2 heterocycles. The van der Waals surface area contributed by atoms with Gasteiger partial charge in [-0.3, -0.25) is 9.36 Å². The summed E-state index contributed by atoms with van der Waals surface area (Å²) in [5, 5.41) is 12.9. The van der Waals surface area contributed by atoms with Crippen LogP contribution in [0.2, 0.25) is 0 Å². The summed E-state index contributed by atoms with van der Waals surface area (Å²) in [5.41, 5.74) is 1.36. The fraction of sp³-hybridized carbons (Fsp3) is 0.412. The second-order valence-electron chi connectivity index (χ2n) is 5.99. The van der Waals surface area contributed by atoms with Gasteiger partial charge in [-0.05, 0) is 18.6 Å². The average Bonchev–Trinajstić information content (AvgIpc) is 2.85. The third kappa shape index (κ3) is 3.05. The predicted octanol–water partition coefficient (Wildman–Crippen LogP) is 1.60. The third-order valence-electron chi connectivity index (χ3n) is 4.52. The van der Waals surface area contributed by atoms with Crippen LogP contribution < -0.4 is 10.1 Å². The van der Waals surface area contributed by atoms with Gasteiger partial charge in [0.05, 0.1) is 19.0 Å². The highest BCUT2D eigenvalue weighted by molar-refractivity contribution is 5.97. The van der Waals surface area contributed by atoms with Gasteiger partial charge in [0.1, 0.15) is 0 Å². The van der Waals surface area contributed by atoms with E-state index in [4.69, 9.17) is 4.74 Å². The molecule has 0 spiro atoms. The fourth-order valence-corrected chi connectivity index (χ4v) is 3.25. The third-order valence-corrected chi connectivity index (χ3v) is 4.52. The maximum atomic E-state index is 14.2. The van der Waals surface area contributed by atoms with Crippen molar-refractivity contribution >= 4 is 22.9 Å². The zero-order chi connectivity index (χ0) is 18.1. The van der Waals surface area contributed by atoms with Crippen molar-refractivity contribution in [2.24, 2.45) is 0 Å². The number of aromatic nitrogens is 1. The van der Waals surface area contributed by atoms with E-state index in [0.717, 1.165) is 0 Å². The number of halogens is 1. The van der Waals surface area contributed by atoms with Gasteiger partial charge in [-0.2, -0.15) is 0 Å². The molecule has 3 rings (SSSR count). The normalized spacial score (nSPS) is 14.8. The largest absolute Gasteiger partial charge is 0.494 e. The molecule has 7 nitrogen and oxygen atoms in total. The zero-order valence-electron chi connectivity index (χ0n) is 14.1. The summed E-state index contributed by atoms with van der Waals surface area (Å²) < 4.78 is 20.6. The van der Waals surface area contributed by atoms with Crippen LogP contribution in [0.4, 0.5) is 9.18 Å². The minimum atomic E-state index is -1.01. The van der Waals surface area contributed by atoms with Crippen molar-refractivity contribution in [3.05, 3.63) is 29.2 Å². The maximum Gasteiger partial charge on any atom is 0.328 e. The van der Waals surface area contributed by atoms with Crippen LogP contribution in [-0.4, -0.2) is 59.9 Å². The zero-order valence-corrected chi connectivity index (χ0v) is 14.1. The number of carboxylic acids is 1. The first-order valence-corrected chi connectivity index (χ1v) is 8.03. The fourth-order valence-electron chi connectivity index (χ4n) is 3.25. The molecular formula is C17H20FN3O4. The number of carbonyl (C=O) groups is 2. The Bertz CT molecular complexity index is 840. The summed E-state index contributed by atoms with van der Waals surface area (Å²) in [7, 11) is 1.34. The number of nitrogens with one attached hydrogen (secondary N) is 1. The molecule has 1 amide bonds. The molecule has 1 aliphatic rings. The number of methoxy groups -OCH3 is 1. The van der Waals surface area contributed by atoms with Gasteiger partial charge in [0.15, 0.2) is 11.6 Å². The van der Waals surface area contributed by atoms with E-state index in [9.17, 15) is 19.1 Å². The first-order valence-electron chi connectivity index (χ1n) is 8.03. The molecule has 0 radical (unpaired) electrons. The van der Waals surface area contributed by atoms with E-state index in [0.29, 0.717) is 48.3 Å². The lowest BCUT2D eigenvalue weighted by Gasteiger charge is -2.28. The molecule has 0 bridgehead atoms. The Balaban J connectivity index is 2.19. The van der Waals surface area contributed by atoms with Crippen LogP contribution in [0, 0.1) is 12.7 Å². The lowest BCUT2D eigenvalue weighted by molar-refractivity contribution is -0.136. The van der Waals surface area contributed by atoms with Crippen LogP contribution in [0.15, 0.2) is 12.1 Å². The standard InChI is InChI=1S/C17H20FN3O4/c1-10-11(8-16(22)23)12-7-15(25-2)13(18)9-14(12)21(10)17(24)20-5-3-19-4-6-20/h7,9,19H,3-6,8H2,1-2H3,(H,22,23). The van der Waals surface area contributed by atoms with Crippen molar-refractivity contribution in [2.75, 3.05) is 33.3 Å². The minimum absolute atomic E-state index is 0.0194. The molecule has 25 heavy (non-hydrogen) atoms. The highest BCUT2D eigenvalue weighted by Crippen LogP contribution is 2.32. The van der Waals surface area contributed by atoms with Gasteiger partial charge in [-0.15, -0.1) is 0 Å². The van der Waals surface area contributed by atoms with E-state index in [-0.39, 0.29) is 18.2 Å². The molecule has 0 unspecified atom stereocenters. The number of rotatable bonds is 3. The van der Waals surface area contributed by atoms with Crippen molar-refractivity contribution in [2.45, 2.75) is 13.3 Å². The number of nitrogens with zero attached hydrogens (tertiary/aromatic N) is 2. The van der Waals surface area contributed by atoms with Crippen molar-refractivity contribution in [3.63, 3.8) is 0 Å². The van der Waals surface area contributed by atoms with E-state index < -0.39 is 11.8 Å². The smallest absolute Gasteiger partial charge is 0.328 e. The minimum Gasteiger partial charge on any atom is -0.494 e. The first kappa shape index (κ1) is 17.2. The first-order chi connectivity index (χ1) is 11.9. The van der Waals surface area contributed by atoms with Crippen molar-refractivity contribution < 1.29 is 23.8 Å². The summed E-state index contributed by atoms with van der Waals surface area (Å²) in [5.74, 6) is -1.59. The number of hydrogen-bond acceptors (Lipinski definition) is 4. The van der Waals surface area contributed by atoms with Crippen molar-refractivity contribution in [1.29, 1.82) is 0 Å². The Morgan fingerprint density at radius 1 is 1.32 bits per heavy atom. The Labute approximate surface area is 144 Å². The molecule has 0 aliphatic carbocycles. The van der Waals surface area contributed by atoms with Crippen molar-refractivity contribution in [3.8, 4) is 5.75 Å². The van der Waals surface area contributed by atoms with Crippen LogP contribution in [0.25, 0.3) is 10.9 Å². The topological polar surface area (TPSA) is 83.8 Å². The molecule has 1 fully saturated rings. The van der Waals surface area contributed by atoms with Crippen molar-refractivity contribution in [1.82, 2.24) is 14.8 Å². The molecule has 1 saturated heterocycles. The highest BCUT2D eigenvalue weighted by Gasteiger charge is 2.26. The molecule has 1 aromatic carbocycles. The molecule has 2 aromatic rings. The van der Waals surface area contributed by atoms with E-state index in [1.807, 2.05) is 0 Å². The molecule has 2 N–H and O–H groups in total. The van der Waals surface area contributed by atoms with Gasteiger partial charge in [0.25, 0.3) is 0 Å². The van der Waals surface area contributed by atoms with E-state index in [1.165, 1.54) is 23.8 Å². The van der Waals surface area contributed by atoms with Gasteiger partial charge in [-0.25, -0.2) is 9.18 Å². The molecule has 1 aliphatic heterocycles. The van der Waals surface area contributed by atoms with Gasteiger partial charge >= 0.3 is 12.0 Å². The summed E-state index contributed by atoms with van der Waals surface area (Å²) in [4.78, 5) is 25.9. The van der Waals surface area contributed by atoms with Crippen LogP contribution in [0.1, 0.15) is 11.3 Å². The Kier molecular flexibility index (Phi) is 4.63. The number of benzene rings is 1. The summed E-state index contributed by atoms with van der Waals surface area (Å²) >= 11 is 0. The predicted molar refractivity (Wildman–Crippen MR) is 89.8 cm³/mol. The number of piperazine rings is 1. The van der Waals surface area contributed by atoms with Crippen LogP contribution in [-0.2, 0) is 11.2 Å². The monoisotopic (exact) mass is 349 g/mol. The molecule has 0 saturated carbocycles. The lowest BCUT2D eigenvalue weighted by atomic mass is 10.1. The molecular weight excluding hydrogens is 329 g/mol. The van der Waals surface area contributed by atoms with Gasteiger partial charge in [0.2, 0.25) is 0 Å². The summed E-state index contributed by atoms with van der Waals surface area (Å²) in [6.07, 6.45) is -0.251. The highest BCUT2D eigenvalue weighted by atomic mass is 19.1. The van der Waals surface area contributed by atoms with E-state index >= 15 is 0 Å². The number of carboxylic acid groups (broad SMARTS) is 1. The lowest BCUT2D eigenvalue weighted by Crippen LogP contribution is -2.48. The summed E-state index contributed by atoms with van der Waals surface area (Å²) in [6.45, 7) is 4.15. The number of amides is 1. The molecule has 8 heteroatoms. The van der Waals surface area contributed by atoms with Gasteiger partial charge in [0, 0.05) is 43.3 Å². The van der Waals surface area contributed by atoms with Crippen LogP contribution >= 0.6 is 0 Å². The Hall–Kier alpha value is -2.61. The summed E-state index contributed by atoms with van der Waals surface area (Å²) in [6, 6.07) is 2.41. The van der Waals surface area contributed by atoms with E-state index in [1.54, 1.807) is 11.8 Å². The second-order valence-corrected chi connectivity index (χ2v) is 5.99. The number of ether oxygens (including phenoxy) is 1. The number of aliphatic carboxylic acids is 1. The van der Waals surface area contributed by atoms with Gasteiger partial charge < -0.3 is 20.1 Å². The Morgan fingerprint density at radius 2 is 2.00 bits per heavy atom. The molecule has 1 aromatic heterocycles. The Morgan fingerprint density at radius 3 is 2.60 bits per heavy atom. The van der Waals surface area contributed by atoms with Gasteiger partial charge in [-0.1, -0.05) is 0 Å². The quantitative estimate of drug-likeness (QED) is 0.879. The van der Waals surface area contributed by atoms with Crippen LogP contribution in [0.5, 0.6) is 5.75 Å². The second kappa shape index (κ2) is 6.72. The SMILES string of the molecule is COc1cc2c(CC(=O)O)c(C)n(C(=O)N3CCNCC3)c2cc1F. The number of fused-ring (bicyclic) bond motifs is 1. The molecule has 0 atom stereocenters.